The predicted octanol–water partition coefficient (Wildman–Crippen LogP) is 1.93. The molecule has 0 saturated heterocycles. The molecule has 0 aliphatic heterocycles. The zero-order valence-corrected chi connectivity index (χ0v) is 5.76. The van der Waals surface area contributed by atoms with Crippen LogP contribution in [0.25, 0.3) is 0 Å². The van der Waals surface area contributed by atoms with E-state index in [9.17, 15) is 0 Å². The summed E-state index contributed by atoms with van der Waals surface area (Å²) in [6.45, 7) is 0. The zero-order valence-electron chi connectivity index (χ0n) is 4.72. The Kier molecular flexibility index (Phi) is 8.96. The van der Waals surface area contributed by atoms with E-state index in [-0.39, 0.29) is 24.2 Å². The third kappa shape index (κ3) is 3.90. The van der Waals surface area contributed by atoms with Gasteiger partial charge >= 0.3 is 16.8 Å². The zero-order chi connectivity index (χ0) is 4.24. The topological polar surface area (TPSA) is 0 Å². The molecule has 0 atom stereocenters. The minimum atomic E-state index is 0. The molecule has 1 aromatic carbocycles. The minimum absolute atomic E-state index is 0. The maximum atomic E-state index is 2.89. The van der Waals surface area contributed by atoms with Gasteiger partial charge in [0.25, 0.3) is 0 Å². The summed E-state index contributed by atoms with van der Waals surface area (Å²) in [6, 6.07) is 12.5. The molecule has 0 saturated carbocycles. The van der Waals surface area contributed by atoms with Crippen molar-refractivity contribution in [3.63, 3.8) is 0 Å². The Bertz CT molecular complexity index is 76.3. The molecule has 0 unspecified atom stereocenters. The molecule has 0 aliphatic carbocycles. The van der Waals surface area contributed by atoms with Crippen LogP contribution in [0.2, 0.25) is 0 Å². The van der Waals surface area contributed by atoms with Gasteiger partial charge in [0, 0.05) is 0 Å². The summed E-state index contributed by atoms with van der Waals surface area (Å²) in [7, 11) is 0. The van der Waals surface area contributed by atoms with E-state index >= 15 is 0 Å². The summed E-state index contributed by atoms with van der Waals surface area (Å²) in [4.78, 5) is 0. The Balaban J connectivity index is 0. The minimum Gasteiger partial charge on any atom is -0.358 e. The van der Waals surface area contributed by atoms with Crippen molar-refractivity contribution in [1.29, 1.82) is 0 Å². The molecule has 0 N–H and O–H groups in total. The smallest absolute Gasteiger partial charge is 0.358 e. The van der Waals surface area contributed by atoms with Crippen LogP contribution in [0.5, 0.6) is 0 Å². The van der Waals surface area contributed by atoms with Crippen LogP contribution in [0.4, 0.5) is 0 Å². The molecule has 1 aromatic rings. The van der Waals surface area contributed by atoms with Gasteiger partial charge < -0.3 is 7.43 Å². The normalized spacial score (nSPS) is 6.00. The van der Waals surface area contributed by atoms with Gasteiger partial charge in [-0.15, -0.1) is 0 Å². The molecule has 0 bridgehead atoms. The van der Waals surface area contributed by atoms with Gasteiger partial charge in [0.2, 0.25) is 0 Å². The van der Waals surface area contributed by atoms with E-state index < -0.39 is 0 Å². The largest absolute Gasteiger partial charge is 2.00 e. The number of hydrogen-bond acceptors (Lipinski definition) is 0. The van der Waals surface area contributed by atoms with Crippen molar-refractivity contribution in [2.75, 3.05) is 0 Å². The van der Waals surface area contributed by atoms with E-state index in [0.717, 1.165) is 0 Å². The predicted molar refractivity (Wildman–Crippen MR) is 31.7 cm³/mol. The molecule has 1 rings (SSSR count). The molecule has 0 aliphatic rings. The Hall–Kier alpha value is -0.274. The Labute approximate surface area is 61.1 Å². The second-order valence-electron chi connectivity index (χ2n) is 1.08. The SMILES string of the molecule is [CH3-].[Co+2].[c-]1ccccc1. The van der Waals surface area contributed by atoms with Gasteiger partial charge in [-0.3, -0.25) is 0 Å². The second-order valence-corrected chi connectivity index (χ2v) is 1.08. The van der Waals surface area contributed by atoms with E-state index in [1.165, 1.54) is 0 Å². The molecule has 45 valence electrons. The van der Waals surface area contributed by atoms with Crippen LogP contribution in [-0.4, -0.2) is 0 Å². The van der Waals surface area contributed by atoms with E-state index in [1.807, 2.05) is 30.3 Å². The van der Waals surface area contributed by atoms with Crippen LogP contribution in [0.1, 0.15) is 0 Å². The average molecular weight is 151 g/mol. The maximum absolute atomic E-state index is 2.89. The summed E-state index contributed by atoms with van der Waals surface area (Å²) in [6.07, 6.45) is 0. The Morgan fingerprint density at radius 1 is 0.875 bits per heavy atom. The third-order valence-corrected chi connectivity index (χ3v) is 0.607. The van der Waals surface area contributed by atoms with Gasteiger partial charge in [0.05, 0.1) is 0 Å². The van der Waals surface area contributed by atoms with Crippen molar-refractivity contribution in [2.45, 2.75) is 0 Å². The molecular weight excluding hydrogens is 143 g/mol. The summed E-state index contributed by atoms with van der Waals surface area (Å²) >= 11 is 0. The number of benzene rings is 1. The monoisotopic (exact) mass is 151 g/mol. The van der Waals surface area contributed by atoms with Gasteiger partial charge in [0.1, 0.15) is 0 Å². The van der Waals surface area contributed by atoms with Crippen molar-refractivity contribution in [1.82, 2.24) is 0 Å². The van der Waals surface area contributed by atoms with Gasteiger partial charge in [-0.05, 0) is 0 Å². The number of rotatable bonds is 0. The van der Waals surface area contributed by atoms with Crippen LogP contribution in [0.3, 0.4) is 0 Å². The summed E-state index contributed by atoms with van der Waals surface area (Å²) in [5.41, 5.74) is 0. The van der Waals surface area contributed by atoms with Crippen molar-refractivity contribution < 1.29 is 16.8 Å². The first kappa shape index (κ1) is 10.7. The molecule has 0 fully saturated rings. The molecule has 8 heavy (non-hydrogen) atoms. The fourth-order valence-corrected chi connectivity index (χ4v) is 0.342. The first-order chi connectivity index (χ1) is 3.00. The van der Waals surface area contributed by atoms with Crippen LogP contribution in [0, 0.1) is 13.5 Å². The van der Waals surface area contributed by atoms with Crippen LogP contribution >= 0.6 is 0 Å². The molecule has 0 spiro atoms. The molecule has 0 nitrogen and oxygen atoms in total. The quantitative estimate of drug-likeness (QED) is 0.497. The Morgan fingerprint density at radius 3 is 1.50 bits per heavy atom. The molecule has 0 heterocycles. The summed E-state index contributed by atoms with van der Waals surface area (Å²) < 4.78 is 0. The standard InChI is InChI=1S/C6H5.CH3.Co/c1-2-4-6-5-3-1;;/h1-5H;1H3;/q2*-1;+2. The van der Waals surface area contributed by atoms with E-state index in [4.69, 9.17) is 0 Å². The number of hydrogen-bond donors (Lipinski definition) is 0. The van der Waals surface area contributed by atoms with Gasteiger partial charge in [-0.2, -0.15) is 36.4 Å². The van der Waals surface area contributed by atoms with Crippen molar-refractivity contribution >= 4 is 0 Å². The first-order valence-electron chi connectivity index (χ1n) is 1.91. The fourth-order valence-electron chi connectivity index (χ4n) is 0.342. The van der Waals surface area contributed by atoms with Gasteiger partial charge in [-0.1, -0.05) is 0 Å². The van der Waals surface area contributed by atoms with E-state index in [1.54, 1.807) is 0 Å². The summed E-state index contributed by atoms with van der Waals surface area (Å²) in [5, 5.41) is 0. The molecule has 1 heteroatoms. The second kappa shape index (κ2) is 6.73. The molecule has 0 amide bonds. The van der Waals surface area contributed by atoms with Crippen LogP contribution in [0.15, 0.2) is 30.3 Å². The van der Waals surface area contributed by atoms with E-state index in [2.05, 4.69) is 6.07 Å². The molecule has 0 aromatic heterocycles. The van der Waals surface area contributed by atoms with E-state index in [0.29, 0.717) is 0 Å². The molecular formula is C7H8Co. The summed E-state index contributed by atoms with van der Waals surface area (Å²) in [5.74, 6) is 0. The molecule has 1 radical (unpaired) electrons. The van der Waals surface area contributed by atoms with Crippen LogP contribution < -0.4 is 0 Å². The van der Waals surface area contributed by atoms with Crippen molar-refractivity contribution in [3.8, 4) is 0 Å². The maximum Gasteiger partial charge on any atom is 2.00 e. The Morgan fingerprint density at radius 2 is 1.38 bits per heavy atom. The third-order valence-electron chi connectivity index (χ3n) is 0.607. The van der Waals surface area contributed by atoms with Gasteiger partial charge in [0.15, 0.2) is 0 Å². The van der Waals surface area contributed by atoms with Gasteiger partial charge in [-0.25, -0.2) is 0 Å². The average Bonchev–Trinajstić information content (AvgIpc) is 1.72. The first-order valence-corrected chi connectivity index (χ1v) is 1.91. The van der Waals surface area contributed by atoms with Crippen molar-refractivity contribution in [2.24, 2.45) is 0 Å². The fraction of sp³-hybridized carbons (Fsp3) is 0. The van der Waals surface area contributed by atoms with Crippen LogP contribution in [-0.2, 0) is 16.8 Å². The van der Waals surface area contributed by atoms with Crippen molar-refractivity contribution in [3.05, 3.63) is 43.8 Å².